The zero-order valence-corrected chi connectivity index (χ0v) is 7.87. The van der Waals surface area contributed by atoms with Gasteiger partial charge in [0.25, 0.3) is 0 Å². The monoisotopic (exact) mass is 194 g/mol. The van der Waals surface area contributed by atoms with Crippen LogP contribution in [0.25, 0.3) is 0 Å². The molecule has 0 saturated carbocycles. The van der Waals surface area contributed by atoms with E-state index in [4.69, 9.17) is 5.73 Å². The van der Waals surface area contributed by atoms with Crippen LogP contribution in [0.1, 0.15) is 10.7 Å². The summed E-state index contributed by atoms with van der Waals surface area (Å²) in [7, 11) is 0. The Morgan fingerprint density at radius 1 is 1.46 bits per heavy atom. The van der Waals surface area contributed by atoms with Crippen molar-refractivity contribution in [2.75, 3.05) is 0 Å². The highest BCUT2D eigenvalue weighted by molar-refractivity contribution is 7.09. The van der Waals surface area contributed by atoms with Gasteiger partial charge in [0.15, 0.2) is 0 Å². The van der Waals surface area contributed by atoms with Gasteiger partial charge in [-0.2, -0.15) is 5.10 Å². The lowest BCUT2D eigenvalue weighted by Gasteiger charge is -2.02. The van der Waals surface area contributed by atoms with Gasteiger partial charge in [0.05, 0.1) is 12.2 Å². The second-order valence-corrected chi connectivity index (χ2v) is 3.59. The largest absolute Gasteiger partial charge is 0.325 e. The molecule has 0 fully saturated rings. The second-order valence-electron chi connectivity index (χ2n) is 2.61. The molecule has 5 heteroatoms. The Hall–Kier alpha value is -1.20. The first-order chi connectivity index (χ1) is 6.40. The molecule has 4 nitrogen and oxygen atoms in total. The van der Waals surface area contributed by atoms with E-state index in [9.17, 15) is 0 Å². The van der Waals surface area contributed by atoms with Crippen molar-refractivity contribution in [2.45, 2.75) is 13.1 Å². The summed E-state index contributed by atoms with van der Waals surface area (Å²) in [4.78, 5) is 4.18. The van der Waals surface area contributed by atoms with E-state index in [0.29, 0.717) is 6.54 Å². The molecular weight excluding hydrogens is 184 g/mol. The smallest absolute Gasteiger partial charge is 0.114 e. The highest BCUT2D eigenvalue weighted by Crippen LogP contribution is 2.07. The molecule has 2 aromatic heterocycles. The highest BCUT2D eigenvalue weighted by Gasteiger charge is 2.02. The molecule has 2 aromatic rings. The van der Waals surface area contributed by atoms with E-state index in [1.54, 1.807) is 23.7 Å². The molecule has 0 aliphatic heterocycles. The van der Waals surface area contributed by atoms with Gasteiger partial charge < -0.3 is 5.73 Å². The summed E-state index contributed by atoms with van der Waals surface area (Å²) in [6.07, 6.45) is 3.56. The first kappa shape index (κ1) is 8.40. The van der Waals surface area contributed by atoms with Gasteiger partial charge in [-0.25, -0.2) is 4.98 Å². The first-order valence-electron chi connectivity index (χ1n) is 3.99. The molecule has 0 spiro atoms. The van der Waals surface area contributed by atoms with Crippen molar-refractivity contribution in [1.29, 1.82) is 0 Å². The molecule has 2 heterocycles. The van der Waals surface area contributed by atoms with Gasteiger partial charge >= 0.3 is 0 Å². The van der Waals surface area contributed by atoms with Crippen LogP contribution in [-0.4, -0.2) is 14.8 Å². The molecule has 0 aromatic carbocycles. The van der Waals surface area contributed by atoms with Crippen LogP contribution in [0.4, 0.5) is 0 Å². The predicted molar refractivity (Wildman–Crippen MR) is 51.3 cm³/mol. The molecule has 0 aliphatic carbocycles. The third-order valence-corrected chi connectivity index (χ3v) is 2.55. The van der Waals surface area contributed by atoms with Crippen molar-refractivity contribution in [3.63, 3.8) is 0 Å². The van der Waals surface area contributed by atoms with Crippen molar-refractivity contribution in [1.82, 2.24) is 14.8 Å². The van der Waals surface area contributed by atoms with Gasteiger partial charge in [0, 0.05) is 24.3 Å². The second kappa shape index (κ2) is 3.68. The van der Waals surface area contributed by atoms with Gasteiger partial charge in [0.1, 0.15) is 5.01 Å². The van der Waals surface area contributed by atoms with E-state index in [0.717, 1.165) is 17.2 Å². The van der Waals surface area contributed by atoms with Crippen molar-refractivity contribution < 1.29 is 0 Å². The Labute approximate surface area is 80.0 Å². The van der Waals surface area contributed by atoms with Gasteiger partial charge in [0.2, 0.25) is 0 Å². The molecule has 68 valence electrons. The summed E-state index contributed by atoms with van der Waals surface area (Å²) in [5.41, 5.74) is 6.58. The fraction of sp³-hybridized carbons (Fsp3) is 0.250. The van der Waals surface area contributed by atoms with Gasteiger partial charge in [-0.15, -0.1) is 11.3 Å². The van der Waals surface area contributed by atoms with Gasteiger partial charge in [-0.1, -0.05) is 0 Å². The van der Waals surface area contributed by atoms with Crippen LogP contribution in [0, 0.1) is 0 Å². The fourth-order valence-electron chi connectivity index (χ4n) is 1.14. The minimum absolute atomic E-state index is 0.519. The van der Waals surface area contributed by atoms with Crippen LogP contribution in [0.3, 0.4) is 0 Å². The average molecular weight is 194 g/mol. The summed E-state index contributed by atoms with van der Waals surface area (Å²) >= 11 is 1.63. The van der Waals surface area contributed by atoms with E-state index < -0.39 is 0 Å². The highest BCUT2D eigenvalue weighted by atomic mass is 32.1. The maximum Gasteiger partial charge on any atom is 0.114 e. The number of nitrogens with zero attached hydrogens (tertiary/aromatic N) is 3. The SMILES string of the molecule is NCc1ccnn1Cc1nccs1. The van der Waals surface area contributed by atoms with Crippen LogP contribution < -0.4 is 5.73 Å². The van der Waals surface area contributed by atoms with Crippen LogP contribution in [0.15, 0.2) is 23.8 Å². The van der Waals surface area contributed by atoms with Crippen molar-refractivity contribution >= 4 is 11.3 Å². The van der Waals surface area contributed by atoms with E-state index in [1.807, 2.05) is 16.1 Å². The quantitative estimate of drug-likeness (QED) is 0.788. The fourth-order valence-corrected chi connectivity index (χ4v) is 1.73. The molecule has 2 rings (SSSR count). The molecule has 2 N–H and O–H groups in total. The lowest BCUT2D eigenvalue weighted by molar-refractivity contribution is 0.643. The summed E-state index contributed by atoms with van der Waals surface area (Å²) in [5.74, 6) is 0. The number of hydrogen-bond acceptors (Lipinski definition) is 4. The van der Waals surface area contributed by atoms with E-state index >= 15 is 0 Å². The van der Waals surface area contributed by atoms with E-state index in [1.165, 1.54) is 0 Å². The Kier molecular flexibility index (Phi) is 2.37. The zero-order valence-electron chi connectivity index (χ0n) is 7.05. The maximum absolute atomic E-state index is 5.55. The number of aromatic nitrogens is 3. The van der Waals surface area contributed by atoms with E-state index in [2.05, 4.69) is 10.1 Å². The molecule has 0 aliphatic rings. The molecule has 0 bridgehead atoms. The lowest BCUT2D eigenvalue weighted by atomic mass is 10.4. The molecule has 0 amide bonds. The third-order valence-electron chi connectivity index (χ3n) is 1.78. The minimum atomic E-state index is 0.519. The summed E-state index contributed by atoms with van der Waals surface area (Å²) in [6.45, 7) is 1.24. The standard InChI is InChI=1S/C8H10N4S/c9-5-7-1-2-11-12(7)6-8-10-3-4-13-8/h1-4H,5-6,9H2. The molecule has 0 saturated heterocycles. The van der Waals surface area contributed by atoms with Gasteiger partial charge in [-0.3, -0.25) is 4.68 Å². The van der Waals surface area contributed by atoms with Crippen molar-refractivity contribution in [3.05, 3.63) is 34.5 Å². The van der Waals surface area contributed by atoms with Crippen molar-refractivity contribution in [3.8, 4) is 0 Å². The normalized spacial score (nSPS) is 10.5. The zero-order chi connectivity index (χ0) is 9.10. The van der Waals surface area contributed by atoms with Crippen LogP contribution in [0.5, 0.6) is 0 Å². The van der Waals surface area contributed by atoms with Crippen LogP contribution in [-0.2, 0) is 13.1 Å². The molecular formula is C8H10N4S. The summed E-state index contributed by atoms with van der Waals surface area (Å²) < 4.78 is 1.87. The van der Waals surface area contributed by atoms with Gasteiger partial charge in [-0.05, 0) is 6.07 Å². The third kappa shape index (κ3) is 1.76. The molecule has 0 unspecified atom stereocenters. The lowest BCUT2D eigenvalue weighted by Crippen LogP contribution is -2.09. The summed E-state index contributed by atoms with van der Waals surface area (Å²) in [6, 6.07) is 1.92. The number of rotatable bonds is 3. The average Bonchev–Trinajstić information content (AvgIpc) is 2.76. The Morgan fingerprint density at radius 2 is 2.38 bits per heavy atom. The number of thiazole rings is 1. The van der Waals surface area contributed by atoms with Crippen LogP contribution >= 0.6 is 11.3 Å². The maximum atomic E-state index is 5.55. The predicted octanol–water partition coefficient (Wildman–Crippen LogP) is 0.847. The molecule has 13 heavy (non-hydrogen) atoms. The minimum Gasteiger partial charge on any atom is -0.325 e. The summed E-state index contributed by atoms with van der Waals surface area (Å²) in [5, 5.41) is 7.18. The molecule has 0 atom stereocenters. The van der Waals surface area contributed by atoms with E-state index in [-0.39, 0.29) is 0 Å². The molecule has 0 radical (unpaired) electrons. The topological polar surface area (TPSA) is 56.7 Å². The number of nitrogens with two attached hydrogens (primary N) is 1. The van der Waals surface area contributed by atoms with Crippen LogP contribution in [0.2, 0.25) is 0 Å². The van der Waals surface area contributed by atoms with Crippen molar-refractivity contribution in [2.24, 2.45) is 5.73 Å². The number of hydrogen-bond donors (Lipinski definition) is 1. The Balaban J connectivity index is 2.18. The Morgan fingerprint density at radius 3 is 3.08 bits per heavy atom. The first-order valence-corrected chi connectivity index (χ1v) is 4.87. The Bertz CT molecular complexity index is 365.